The van der Waals surface area contributed by atoms with Crippen LogP contribution in [0.5, 0.6) is 0 Å². The van der Waals surface area contributed by atoms with E-state index in [2.05, 4.69) is 15.9 Å². The maximum Gasteiger partial charge on any atom is 0.170 e. The summed E-state index contributed by atoms with van der Waals surface area (Å²) in [5.74, 6) is -2.38. The van der Waals surface area contributed by atoms with Crippen molar-refractivity contribution in [3.05, 3.63) is 33.8 Å². The van der Waals surface area contributed by atoms with Crippen LogP contribution in [0.4, 0.5) is 8.78 Å². The molecule has 0 saturated carbocycles. The predicted molar refractivity (Wildman–Crippen MR) is 61.3 cm³/mol. The number of rotatable bonds is 3. The summed E-state index contributed by atoms with van der Waals surface area (Å²) in [6.07, 6.45) is -0.114. The van der Waals surface area contributed by atoms with Gasteiger partial charge in [-0.05, 0) is 41.9 Å². The van der Waals surface area contributed by atoms with Gasteiger partial charge in [0, 0.05) is 12.0 Å². The maximum absolute atomic E-state index is 13.5. The first-order chi connectivity index (χ1) is 7.22. The summed E-state index contributed by atoms with van der Waals surface area (Å²) in [5, 5.41) is 0. The molecule has 0 aliphatic rings. The van der Waals surface area contributed by atoms with Crippen molar-refractivity contribution in [2.24, 2.45) is 5.73 Å². The number of hydrogen-bond acceptors (Lipinski definition) is 2. The monoisotopic (exact) mass is 291 g/mol. The van der Waals surface area contributed by atoms with Crippen molar-refractivity contribution >= 4 is 21.7 Å². The molecule has 1 aromatic carbocycles. The van der Waals surface area contributed by atoms with E-state index >= 15 is 0 Å². The number of hydrogen-bond donors (Lipinski definition) is 1. The summed E-state index contributed by atoms with van der Waals surface area (Å²) in [7, 11) is 0. The molecule has 1 aromatic rings. The van der Waals surface area contributed by atoms with Crippen LogP contribution in [0.2, 0.25) is 0 Å². The third kappa shape index (κ3) is 3.09. The van der Waals surface area contributed by atoms with Gasteiger partial charge in [-0.2, -0.15) is 0 Å². The van der Waals surface area contributed by atoms with E-state index in [1.807, 2.05) is 0 Å². The molecule has 88 valence electrons. The van der Waals surface area contributed by atoms with Crippen molar-refractivity contribution in [1.29, 1.82) is 0 Å². The summed E-state index contributed by atoms with van der Waals surface area (Å²) in [5.41, 5.74) is 4.31. The minimum absolute atomic E-state index is 0.0621. The van der Waals surface area contributed by atoms with E-state index in [0.717, 1.165) is 6.07 Å². The van der Waals surface area contributed by atoms with Crippen LogP contribution in [0.15, 0.2) is 16.6 Å². The number of carbonyl (C=O) groups is 1. The smallest absolute Gasteiger partial charge is 0.170 e. The molecule has 0 atom stereocenters. The molecule has 5 heteroatoms. The van der Waals surface area contributed by atoms with E-state index in [1.165, 1.54) is 6.07 Å². The second kappa shape index (κ2) is 4.59. The Morgan fingerprint density at radius 1 is 1.44 bits per heavy atom. The van der Waals surface area contributed by atoms with Gasteiger partial charge in [-0.15, -0.1) is 0 Å². The maximum atomic E-state index is 13.5. The molecule has 0 fully saturated rings. The number of Topliss-reactive ketones (excluding diaryl/α,β-unsaturated/α-hetero) is 1. The van der Waals surface area contributed by atoms with E-state index in [-0.39, 0.29) is 10.9 Å². The number of ketones is 1. The largest absolute Gasteiger partial charge is 0.325 e. The fourth-order valence-corrected chi connectivity index (χ4v) is 1.62. The molecule has 0 aromatic heterocycles. The molecule has 0 unspecified atom stereocenters. The molecule has 0 heterocycles. The van der Waals surface area contributed by atoms with Gasteiger partial charge >= 0.3 is 0 Å². The van der Waals surface area contributed by atoms with Gasteiger partial charge in [-0.25, -0.2) is 8.78 Å². The van der Waals surface area contributed by atoms with Crippen molar-refractivity contribution in [3.8, 4) is 0 Å². The molecule has 1 rings (SSSR count). The molecule has 0 bridgehead atoms. The Morgan fingerprint density at radius 3 is 2.50 bits per heavy atom. The topological polar surface area (TPSA) is 43.1 Å². The van der Waals surface area contributed by atoms with Crippen molar-refractivity contribution < 1.29 is 13.6 Å². The van der Waals surface area contributed by atoms with Gasteiger partial charge in [0.15, 0.2) is 11.6 Å². The Balaban J connectivity index is 3.14. The van der Waals surface area contributed by atoms with Crippen LogP contribution in [-0.2, 0) is 0 Å². The van der Waals surface area contributed by atoms with Crippen molar-refractivity contribution in [2.45, 2.75) is 25.8 Å². The summed E-state index contributed by atoms with van der Waals surface area (Å²) in [4.78, 5) is 11.7. The van der Waals surface area contributed by atoms with Crippen LogP contribution in [-0.4, -0.2) is 11.3 Å². The summed E-state index contributed by atoms with van der Waals surface area (Å²) in [6.45, 7) is 3.25. The molecule has 2 nitrogen and oxygen atoms in total. The Morgan fingerprint density at radius 2 is 2.00 bits per heavy atom. The highest BCUT2D eigenvalue weighted by Crippen LogP contribution is 2.24. The van der Waals surface area contributed by atoms with Gasteiger partial charge in [-0.1, -0.05) is 0 Å². The second-order valence-electron chi connectivity index (χ2n) is 4.31. The van der Waals surface area contributed by atoms with Crippen molar-refractivity contribution in [2.75, 3.05) is 0 Å². The standard InChI is InChI=1S/C11H12BrF2NO/c1-11(2,15)5-8(16)9-7(13)4-3-6(12)10(9)14/h3-4H,5,15H2,1-2H3. The highest BCUT2D eigenvalue weighted by atomic mass is 79.9. The Labute approximate surface area is 101 Å². The average molecular weight is 292 g/mol. The lowest BCUT2D eigenvalue weighted by Crippen LogP contribution is -2.35. The minimum Gasteiger partial charge on any atom is -0.325 e. The van der Waals surface area contributed by atoms with E-state index in [4.69, 9.17) is 5.73 Å². The fraction of sp³-hybridized carbons (Fsp3) is 0.364. The van der Waals surface area contributed by atoms with Gasteiger partial charge in [0.05, 0.1) is 10.0 Å². The zero-order valence-corrected chi connectivity index (χ0v) is 10.6. The summed E-state index contributed by atoms with van der Waals surface area (Å²) in [6, 6.07) is 2.26. The molecule has 0 radical (unpaired) electrons. The molecular weight excluding hydrogens is 280 g/mol. The first kappa shape index (κ1) is 13.3. The van der Waals surface area contributed by atoms with Gasteiger partial charge < -0.3 is 5.73 Å². The summed E-state index contributed by atoms with van der Waals surface area (Å²) < 4.78 is 26.9. The Hall–Kier alpha value is -0.810. The van der Waals surface area contributed by atoms with Crippen LogP contribution >= 0.6 is 15.9 Å². The lowest BCUT2D eigenvalue weighted by atomic mass is 9.95. The van der Waals surface area contributed by atoms with Crippen molar-refractivity contribution in [3.63, 3.8) is 0 Å². The first-order valence-corrected chi connectivity index (χ1v) is 5.47. The van der Waals surface area contributed by atoms with Crippen LogP contribution in [0.1, 0.15) is 30.6 Å². The number of carbonyl (C=O) groups excluding carboxylic acids is 1. The molecular formula is C11H12BrF2NO. The minimum atomic E-state index is -0.880. The third-order valence-electron chi connectivity index (χ3n) is 1.94. The van der Waals surface area contributed by atoms with Gasteiger partial charge in [-0.3, -0.25) is 4.79 Å². The first-order valence-electron chi connectivity index (χ1n) is 4.68. The molecule has 0 aliphatic heterocycles. The molecule has 0 saturated heterocycles. The number of halogens is 3. The van der Waals surface area contributed by atoms with Crippen LogP contribution in [0.3, 0.4) is 0 Å². The van der Waals surface area contributed by atoms with Gasteiger partial charge in [0.1, 0.15) is 5.82 Å². The Kier molecular flexibility index (Phi) is 3.80. The SMILES string of the molecule is CC(C)(N)CC(=O)c1c(F)ccc(Br)c1F. The molecule has 16 heavy (non-hydrogen) atoms. The lowest BCUT2D eigenvalue weighted by molar-refractivity contribution is 0.0952. The van der Waals surface area contributed by atoms with E-state index < -0.39 is 28.5 Å². The van der Waals surface area contributed by atoms with Crippen molar-refractivity contribution in [1.82, 2.24) is 0 Å². The van der Waals surface area contributed by atoms with E-state index in [9.17, 15) is 13.6 Å². The molecule has 2 N–H and O–H groups in total. The highest BCUT2D eigenvalue weighted by Gasteiger charge is 2.24. The quantitative estimate of drug-likeness (QED) is 0.687. The number of nitrogens with two attached hydrogens (primary N) is 1. The fourth-order valence-electron chi connectivity index (χ4n) is 1.28. The molecule has 0 spiro atoms. The van der Waals surface area contributed by atoms with Gasteiger partial charge in [0.2, 0.25) is 0 Å². The zero-order valence-electron chi connectivity index (χ0n) is 8.98. The van der Waals surface area contributed by atoms with Crippen LogP contribution in [0.25, 0.3) is 0 Å². The Bertz CT molecular complexity index is 427. The lowest BCUT2D eigenvalue weighted by Gasteiger charge is -2.17. The molecule has 0 amide bonds. The predicted octanol–water partition coefficient (Wildman–Crippen LogP) is 3.04. The molecule has 0 aliphatic carbocycles. The second-order valence-corrected chi connectivity index (χ2v) is 5.16. The number of benzene rings is 1. The van der Waals surface area contributed by atoms with Crippen LogP contribution in [0, 0.1) is 11.6 Å². The summed E-state index contributed by atoms with van der Waals surface area (Å²) >= 11 is 2.90. The van der Waals surface area contributed by atoms with Gasteiger partial charge in [0.25, 0.3) is 0 Å². The van der Waals surface area contributed by atoms with E-state index in [1.54, 1.807) is 13.8 Å². The van der Waals surface area contributed by atoms with E-state index in [0.29, 0.717) is 0 Å². The normalized spacial score (nSPS) is 11.6. The average Bonchev–Trinajstić information content (AvgIpc) is 2.09. The highest BCUT2D eigenvalue weighted by molar-refractivity contribution is 9.10. The zero-order chi connectivity index (χ0) is 12.5. The van der Waals surface area contributed by atoms with Crippen LogP contribution < -0.4 is 5.73 Å². The third-order valence-corrected chi connectivity index (χ3v) is 2.55.